The first-order chi connectivity index (χ1) is 13.0. The molecule has 0 saturated carbocycles. The summed E-state index contributed by atoms with van der Waals surface area (Å²) in [5.41, 5.74) is 8.78. The van der Waals surface area contributed by atoms with Gasteiger partial charge in [-0.15, -0.1) is 0 Å². The van der Waals surface area contributed by atoms with Gasteiger partial charge in [-0.25, -0.2) is 0 Å². The van der Waals surface area contributed by atoms with Crippen LogP contribution in [-0.2, 0) is 0 Å². The minimum absolute atomic E-state index is 0.116. The van der Waals surface area contributed by atoms with Crippen molar-refractivity contribution in [2.45, 2.75) is 6.42 Å². The van der Waals surface area contributed by atoms with E-state index in [0.717, 1.165) is 13.0 Å². The van der Waals surface area contributed by atoms with Crippen LogP contribution in [0, 0.1) is 0 Å². The van der Waals surface area contributed by atoms with Crippen LogP contribution in [0.2, 0.25) is 0 Å². The molecule has 0 saturated heterocycles. The third-order valence-electron chi connectivity index (χ3n) is 4.65. The maximum Gasteiger partial charge on any atom is 0.196 e. The maximum atomic E-state index is 13.2. The second-order valence-corrected chi connectivity index (χ2v) is 6.91. The first-order valence-electron chi connectivity index (χ1n) is 9.22. The molecule has 1 aliphatic rings. The van der Waals surface area contributed by atoms with E-state index in [2.05, 4.69) is 15.5 Å². The van der Waals surface area contributed by atoms with Crippen molar-refractivity contribution in [3.05, 3.63) is 58.7 Å². The summed E-state index contributed by atoms with van der Waals surface area (Å²) in [7, 11) is 3.99. The lowest BCUT2D eigenvalue weighted by atomic mass is 9.82. The summed E-state index contributed by atoms with van der Waals surface area (Å²) >= 11 is 0. The molecule has 1 aliphatic carbocycles. The average Bonchev–Trinajstić information content (AvgIpc) is 2.66. The quantitative estimate of drug-likeness (QED) is 0.530. The molecule has 2 aromatic carbocycles. The second kappa shape index (κ2) is 8.33. The number of fused-ring (bicyclic) bond motifs is 2. The Kier molecular flexibility index (Phi) is 5.88. The first kappa shape index (κ1) is 19.1. The molecule has 0 unspecified atom stereocenters. The Morgan fingerprint density at radius 2 is 1.37 bits per heavy atom. The molecule has 6 heteroatoms. The third-order valence-corrected chi connectivity index (χ3v) is 4.65. The number of hydrogen-bond donors (Lipinski definition) is 3. The van der Waals surface area contributed by atoms with Crippen molar-refractivity contribution < 1.29 is 9.59 Å². The molecule has 3 rings (SSSR count). The van der Waals surface area contributed by atoms with Crippen LogP contribution >= 0.6 is 0 Å². The van der Waals surface area contributed by atoms with Gasteiger partial charge in [-0.2, -0.15) is 0 Å². The topological polar surface area (TPSA) is 87.5 Å². The van der Waals surface area contributed by atoms with Gasteiger partial charge in [-0.3, -0.25) is 9.59 Å². The van der Waals surface area contributed by atoms with E-state index in [-0.39, 0.29) is 11.6 Å². The number of ketones is 2. The zero-order valence-electron chi connectivity index (χ0n) is 15.8. The van der Waals surface area contributed by atoms with Crippen LogP contribution in [0.1, 0.15) is 38.3 Å². The number of hydrogen-bond acceptors (Lipinski definition) is 6. The van der Waals surface area contributed by atoms with Gasteiger partial charge in [0.15, 0.2) is 11.6 Å². The largest absolute Gasteiger partial charge is 0.384 e. The second-order valence-electron chi connectivity index (χ2n) is 6.91. The van der Waals surface area contributed by atoms with Crippen LogP contribution in [-0.4, -0.2) is 56.7 Å². The summed E-state index contributed by atoms with van der Waals surface area (Å²) in [5.74, 6) is -0.235. The molecule has 0 amide bonds. The van der Waals surface area contributed by atoms with Crippen LogP contribution < -0.4 is 16.4 Å². The van der Waals surface area contributed by atoms with Gasteiger partial charge in [0, 0.05) is 42.1 Å². The van der Waals surface area contributed by atoms with Crippen molar-refractivity contribution >= 4 is 22.9 Å². The number of carbonyl (C=O) groups is 2. The highest BCUT2D eigenvalue weighted by Crippen LogP contribution is 2.36. The Balaban J connectivity index is 2.04. The zero-order valence-corrected chi connectivity index (χ0v) is 15.8. The van der Waals surface area contributed by atoms with Crippen molar-refractivity contribution in [2.75, 3.05) is 50.9 Å². The van der Waals surface area contributed by atoms with E-state index in [1.165, 1.54) is 0 Å². The van der Waals surface area contributed by atoms with Crippen LogP contribution in [0.5, 0.6) is 0 Å². The minimum atomic E-state index is -0.119. The number of nitrogens with two attached hydrogens (primary N) is 1. The van der Waals surface area contributed by atoms with Gasteiger partial charge in [0.1, 0.15) is 0 Å². The molecule has 6 nitrogen and oxygen atoms in total. The van der Waals surface area contributed by atoms with Gasteiger partial charge in [-0.05, 0) is 39.2 Å². The lowest BCUT2D eigenvalue weighted by Gasteiger charge is -2.24. The molecule has 0 bridgehead atoms. The van der Waals surface area contributed by atoms with Crippen molar-refractivity contribution in [1.82, 2.24) is 4.90 Å². The molecule has 0 radical (unpaired) electrons. The number of nitrogens with one attached hydrogen (secondary N) is 2. The molecule has 27 heavy (non-hydrogen) atoms. The molecule has 0 atom stereocenters. The van der Waals surface area contributed by atoms with Gasteiger partial charge in [-0.1, -0.05) is 24.3 Å². The number of nitrogens with zero attached hydrogens (tertiary/aromatic N) is 1. The molecule has 142 valence electrons. The molecular weight excluding hydrogens is 340 g/mol. The zero-order chi connectivity index (χ0) is 19.4. The fourth-order valence-electron chi connectivity index (χ4n) is 3.26. The predicted molar refractivity (Wildman–Crippen MR) is 109 cm³/mol. The van der Waals surface area contributed by atoms with Gasteiger partial charge >= 0.3 is 0 Å². The lowest BCUT2D eigenvalue weighted by molar-refractivity contribution is 0.0980. The smallest absolute Gasteiger partial charge is 0.196 e. The Hall–Kier alpha value is -2.70. The number of anilines is 2. The molecule has 0 spiro atoms. The van der Waals surface area contributed by atoms with Gasteiger partial charge in [0.05, 0.1) is 11.1 Å². The van der Waals surface area contributed by atoms with E-state index in [9.17, 15) is 9.59 Å². The highest BCUT2D eigenvalue weighted by atomic mass is 16.1. The monoisotopic (exact) mass is 366 g/mol. The average molecular weight is 366 g/mol. The van der Waals surface area contributed by atoms with E-state index in [4.69, 9.17) is 5.73 Å². The first-order valence-corrected chi connectivity index (χ1v) is 9.22. The van der Waals surface area contributed by atoms with Crippen LogP contribution in [0.25, 0.3) is 0 Å². The highest BCUT2D eigenvalue weighted by molar-refractivity contribution is 6.31. The van der Waals surface area contributed by atoms with Crippen LogP contribution in [0.4, 0.5) is 11.4 Å². The van der Waals surface area contributed by atoms with E-state index in [1.807, 2.05) is 26.2 Å². The molecule has 0 aromatic heterocycles. The highest BCUT2D eigenvalue weighted by Gasteiger charge is 2.33. The maximum absolute atomic E-state index is 13.2. The minimum Gasteiger partial charge on any atom is -0.384 e. The van der Waals surface area contributed by atoms with E-state index in [0.29, 0.717) is 53.3 Å². The Bertz CT molecular complexity index is 861. The van der Waals surface area contributed by atoms with E-state index in [1.54, 1.807) is 24.3 Å². The molecule has 2 aromatic rings. The summed E-state index contributed by atoms with van der Waals surface area (Å²) < 4.78 is 0. The summed E-state index contributed by atoms with van der Waals surface area (Å²) in [5, 5.41) is 6.59. The SMILES string of the molecule is CN(C)CCNc1ccc(NCCCN)c2c1C(=O)c1ccccc1C2=O. The summed E-state index contributed by atoms with van der Waals surface area (Å²) in [6, 6.07) is 10.8. The van der Waals surface area contributed by atoms with Crippen molar-refractivity contribution in [3.63, 3.8) is 0 Å². The molecule has 0 aliphatic heterocycles. The van der Waals surface area contributed by atoms with Gasteiger partial charge in [0.2, 0.25) is 0 Å². The van der Waals surface area contributed by atoms with Crippen molar-refractivity contribution in [1.29, 1.82) is 0 Å². The number of carbonyl (C=O) groups excluding carboxylic acids is 2. The number of likely N-dealkylation sites (N-methyl/N-ethyl adjacent to an activating group) is 1. The standard InChI is InChI=1S/C21H26N4O2/c1-25(2)13-12-24-17-9-8-16(23-11-5-10-22)18-19(17)21(27)15-7-4-3-6-14(15)20(18)26/h3-4,6-9,23-24H,5,10-13,22H2,1-2H3. The molecule has 0 heterocycles. The van der Waals surface area contributed by atoms with Crippen molar-refractivity contribution in [2.24, 2.45) is 5.73 Å². The van der Waals surface area contributed by atoms with E-state index >= 15 is 0 Å². The van der Waals surface area contributed by atoms with Crippen LogP contribution in [0.3, 0.4) is 0 Å². The number of benzene rings is 2. The fourth-order valence-corrected chi connectivity index (χ4v) is 3.26. The third kappa shape index (κ3) is 3.86. The summed E-state index contributed by atoms with van der Waals surface area (Å²) in [4.78, 5) is 28.5. The lowest BCUT2D eigenvalue weighted by Crippen LogP contribution is -2.26. The normalized spacial score (nSPS) is 12.7. The van der Waals surface area contributed by atoms with Crippen molar-refractivity contribution in [3.8, 4) is 0 Å². The molecular formula is C21H26N4O2. The number of rotatable bonds is 8. The van der Waals surface area contributed by atoms with Gasteiger partial charge < -0.3 is 21.3 Å². The Morgan fingerprint density at radius 3 is 1.85 bits per heavy atom. The summed E-state index contributed by atoms with van der Waals surface area (Å²) in [6.07, 6.45) is 0.788. The fraction of sp³-hybridized carbons (Fsp3) is 0.333. The Labute approximate surface area is 159 Å². The molecule has 4 N–H and O–H groups in total. The Morgan fingerprint density at radius 1 is 0.852 bits per heavy atom. The predicted octanol–water partition coefficient (Wildman–Crippen LogP) is 2.20. The van der Waals surface area contributed by atoms with Gasteiger partial charge in [0.25, 0.3) is 0 Å². The van der Waals surface area contributed by atoms with Crippen LogP contribution in [0.15, 0.2) is 36.4 Å². The summed E-state index contributed by atoms with van der Waals surface area (Å²) in [6.45, 7) is 2.72. The molecule has 0 fully saturated rings. The van der Waals surface area contributed by atoms with E-state index < -0.39 is 0 Å².